The molecule has 1 atom stereocenters. The number of halogens is 1. The first kappa shape index (κ1) is 16.1. The van der Waals surface area contributed by atoms with Gasteiger partial charge < -0.3 is 10.3 Å². The summed E-state index contributed by atoms with van der Waals surface area (Å²) in [5.74, 6) is 0.810. The largest absolute Gasteiger partial charge is 0.341 e. The minimum absolute atomic E-state index is 0.177. The van der Waals surface area contributed by atoms with Gasteiger partial charge in [0.2, 0.25) is 0 Å². The van der Waals surface area contributed by atoms with Gasteiger partial charge in [0.05, 0.1) is 17.1 Å². The summed E-state index contributed by atoms with van der Waals surface area (Å²) in [6.07, 6.45) is 0. The number of nitrogens with one attached hydrogen (secondary N) is 2. The third-order valence-electron chi connectivity index (χ3n) is 3.53. The average molecular weight is 393 g/mol. The van der Waals surface area contributed by atoms with Gasteiger partial charge in [0, 0.05) is 4.88 Å². The van der Waals surface area contributed by atoms with Gasteiger partial charge in [-0.1, -0.05) is 26.0 Å². The highest BCUT2D eigenvalue weighted by molar-refractivity contribution is 9.11. The minimum Gasteiger partial charge on any atom is -0.341 e. The molecule has 0 radical (unpaired) electrons. The molecule has 1 amide bonds. The van der Waals surface area contributed by atoms with Gasteiger partial charge in [0.1, 0.15) is 11.5 Å². The average Bonchev–Trinajstić information content (AvgIpc) is 3.10. The molecule has 2 heterocycles. The monoisotopic (exact) mass is 392 g/mol. The molecule has 0 saturated heterocycles. The Morgan fingerprint density at radius 3 is 2.70 bits per heavy atom. The molecule has 0 aliphatic rings. The number of H-pyrrole nitrogens is 1. The predicted octanol–water partition coefficient (Wildman–Crippen LogP) is 4.40. The lowest BCUT2D eigenvalue weighted by molar-refractivity contribution is 0.0932. The van der Waals surface area contributed by atoms with E-state index in [9.17, 15) is 4.79 Å². The van der Waals surface area contributed by atoms with Crippen LogP contribution < -0.4 is 5.32 Å². The van der Waals surface area contributed by atoms with Crippen LogP contribution in [0.15, 0.2) is 28.2 Å². The van der Waals surface area contributed by atoms with E-state index in [-0.39, 0.29) is 17.9 Å². The summed E-state index contributed by atoms with van der Waals surface area (Å²) in [4.78, 5) is 25.6. The van der Waals surface area contributed by atoms with E-state index < -0.39 is 0 Å². The second kappa shape index (κ2) is 6.41. The van der Waals surface area contributed by atoms with Gasteiger partial charge in [-0.3, -0.25) is 4.79 Å². The highest BCUT2D eigenvalue weighted by Gasteiger charge is 2.22. The van der Waals surface area contributed by atoms with E-state index in [1.165, 1.54) is 11.3 Å². The number of aromatic nitrogens is 3. The van der Waals surface area contributed by atoms with Crippen molar-refractivity contribution in [3.05, 3.63) is 44.6 Å². The highest BCUT2D eigenvalue weighted by atomic mass is 79.9. The molecule has 5 nitrogen and oxygen atoms in total. The molecule has 0 spiro atoms. The number of benzene rings is 1. The van der Waals surface area contributed by atoms with E-state index in [4.69, 9.17) is 0 Å². The van der Waals surface area contributed by atoms with Crippen molar-refractivity contribution < 1.29 is 4.79 Å². The second-order valence-electron chi connectivity index (χ2n) is 5.67. The van der Waals surface area contributed by atoms with Crippen LogP contribution in [0.4, 0.5) is 0 Å². The summed E-state index contributed by atoms with van der Waals surface area (Å²) >= 11 is 4.86. The van der Waals surface area contributed by atoms with E-state index in [1.807, 2.05) is 31.2 Å². The number of rotatable bonds is 4. The summed E-state index contributed by atoms with van der Waals surface area (Å²) in [6, 6.07) is 7.58. The standard InChI is InChI=1S/C16H17BrN4OS/c1-8(2)13-12(21-16(17)23-13)15(22)18-9(3)14-19-10-6-4-5-7-11(10)20-14/h4-9H,1-3H3,(H,18,22)(H,19,20)/t9-/m1/s1. The zero-order valence-corrected chi connectivity index (χ0v) is 15.5. The molecule has 2 aromatic heterocycles. The highest BCUT2D eigenvalue weighted by Crippen LogP contribution is 2.30. The molecule has 120 valence electrons. The van der Waals surface area contributed by atoms with Crippen LogP contribution in [0.3, 0.4) is 0 Å². The van der Waals surface area contributed by atoms with Crippen LogP contribution >= 0.6 is 27.3 Å². The maximum atomic E-state index is 12.6. The van der Waals surface area contributed by atoms with Crippen molar-refractivity contribution in [1.82, 2.24) is 20.3 Å². The fourth-order valence-electron chi connectivity index (χ4n) is 2.37. The Hall–Kier alpha value is -1.73. The van der Waals surface area contributed by atoms with Gasteiger partial charge in [-0.05, 0) is 40.9 Å². The van der Waals surface area contributed by atoms with Gasteiger partial charge in [0.25, 0.3) is 5.91 Å². The Bertz CT molecular complexity index is 822. The van der Waals surface area contributed by atoms with Crippen molar-refractivity contribution in [3.8, 4) is 0 Å². The van der Waals surface area contributed by atoms with Gasteiger partial charge in [-0.25, -0.2) is 9.97 Å². The molecule has 0 unspecified atom stereocenters. The molecule has 23 heavy (non-hydrogen) atoms. The Balaban J connectivity index is 1.82. The third-order valence-corrected chi connectivity index (χ3v) is 5.34. The first-order chi connectivity index (χ1) is 11.0. The van der Waals surface area contributed by atoms with Crippen molar-refractivity contribution in [2.24, 2.45) is 0 Å². The molecule has 0 saturated carbocycles. The van der Waals surface area contributed by atoms with Crippen molar-refractivity contribution in [2.45, 2.75) is 32.7 Å². The number of para-hydroxylation sites is 2. The van der Waals surface area contributed by atoms with Gasteiger partial charge in [-0.15, -0.1) is 11.3 Å². The Morgan fingerprint density at radius 2 is 2.00 bits per heavy atom. The molecule has 1 aromatic carbocycles. The Labute approximate surface area is 146 Å². The minimum atomic E-state index is -0.226. The maximum absolute atomic E-state index is 12.6. The van der Waals surface area contributed by atoms with Crippen LogP contribution in [-0.4, -0.2) is 20.9 Å². The molecule has 3 aromatic rings. The van der Waals surface area contributed by atoms with Crippen molar-refractivity contribution >= 4 is 44.2 Å². The van der Waals surface area contributed by atoms with Crippen molar-refractivity contribution in [2.75, 3.05) is 0 Å². The molecule has 0 fully saturated rings. The van der Waals surface area contributed by atoms with E-state index >= 15 is 0 Å². The van der Waals surface area contributed by atoms with Gasteiger partial charge >= 0.3 is 0 Å². The molecular formula is C16H17BrN4OS. The maximum Gasteiger partial charge on any atom is 0.271 e. The van der Waals surface area contributed by atoms with Crippen LogP contribution in [0, 0.1) is 0 Å². The summed E-state index contributed by atoms with van der Waals surface area (Å²) in [7, 11) is 0. The van der Waals surface area contributed by atoms with Crippen molar-refractivity contribution in [1.29, 1.82) is 0 Å². The number of amides is 1. The van der Waals surface area contributed by atoms with E-state index in [0.29, 0.717) is 5.69 Å². The van der Waals surface area contributed by atoms with Crippen LogP contribution in [0.2, 0.25) is 0 Å². The number of hydrogen-bond acceptors (Lipinski definition) is 4. The first-order valence-corrected chi connectivity index (χ1v) is 8.98. The van der Waals surface area contributed by atoms with E-state index in [2.05, 4.69) is 50.0 Å². The first-order valence-electron chi connectivity index (χ1n) is 7.37. The van der Waals surface area contributed by atoms with Crippen LogP contribution in [0.25, 0.3) is 11.0 Å². The second-order valence-corrected chi connectivity index (χ2v) is 7.98. The molecule has 0 bridgehead atoms. The summed E-state index contributed by atoms with van der Waals surface area (Å²) in [6.45, 7) is 6.02. The summed E-state index contributed by atoms with van der Waals surface area (Å²) in [5.41, 5.74) is 2.34. The smallest absolute Gasteiger partial charge is 0.271 e. The van der Waals surface area contributed by atoms with Crippen LogP contribution in [0.1, 0.15) is 53.9 Å². The number of nitrogens with zero attached hydrogens (tertiary/aromatic N) is 2. The van der Waals surface area contributed by atoms with Crippen LogP contribution in [0.5, 0.6) is 0 Å². The van der Waals surface area contributed by atoms with Gasteiger partial charge in [-0.2, -0.15) is 0 Å². The predicted molar refractivity (Wildman–Crippen MR) is 95.9 cm³/mol. The third kappa shape index (κ3) is 3.30. The molecule has 2 N–H and O–H groups in total. The lowest BCUT2D eigenvalue weighted by Crippen LogP contribution is -2.28. The zero-order valence-electron chi connectivity index (χ0n) is 13.1. The number of thiazole rings is 1. The molecule has 3 rings (SSSR count). The number of aromatic amines is 1. The van der Waals surface area contributed by atoms with E-state index in [0.717, 1.165) is 25.7 Å². The number of carbonyl (C=O) groups is 1. The number of carbonyl (C=O) groups excluding carboxylic acids is 1. The fraction of sp³-hybridized carbons (Fsp3) is 0.312. The zero-order chi connectivity index (χ0) is 16.6. The molecule has 7 heteroatoms. The van der Waals surface area contributed by atoms with E-state index in [1.54, 1.807) is 0 Å². The van der Waals surface area contributed by atoms with Crippen molar-refractivity contribution in [3.63, 3.8) is 0 Å². The van der Waals surface area contributed by atoms with Gasteiger partial charge in [0.15, 0.2) is 3.92 Å². The molecule has 0 aliphatic carbocycles. The fourth-order valence-corrected chi connectivity index (χ4v) is 3.86. The topological polar surface area (TPSA) is 70.7 Å². The molecular weight excluding hydrogens is 376 g/mol. The summed E-state index contributed by atoms with van der Waals surface area (Å²) in [5, 5.41) is 2.97. The SMILES string of the molecule is CC(C)c1sc(Br)nc1C(=O)N[C@H](C)c1nc2ccccc2[nH]1. The number of fused-ring (bicyclic) bond motifs is 1. The number of imidazole rings is 1. The normalized spacial score (nSPS) is 12.7. The number of hydrogen-bond donors (Lipinski definition) is 2. The quantitative estimate of drug-likeness (QED) is 0.691. The Kier molecular flexibility index (Phi) is 4.50. The van der Waals surface area contributed by atoms with Crippen LogP contribution in [-0.2, 0) is 0 Å². The summed E-state index contributed by atoms with van der Waals surface area (Å²) < 4.78 is 0.725. The lowest BCUT2D eigenvalue weighted by atomic mass is 10.1. The Morgan fingerprint density at radius 1 is 1.26 bits per heavy atom. The molecule has 0 aliphatic heterocycles. The lowest BCUT2D eigenvalue weighted by Gasteiger charge is -2.12.